The van der Waals surface area contributed by atoms with Crippen molar-refractivity contribution >= 4 is 16.8 Å². The monoisotopic (exact) mass is 258 g/mol. The maximum Gasteiger partial charge on any atom is 0.267 e. The molecular formula is C15H18N2O2. The molecule has 1 fully saturated rings. The van der Waals surface area contributed by atoms with Crippen molar-refractivity contribution in [2.24, 2.45) is 0 Å². The molecule has 0 saturated heterocycles. The van der Waals surface area contributed by atoms with E-state index in [0.717, 1.165) is 29.5 Å². The molecule has 0 unspecified atom stereocenters. The maximum absolute atomic E-state index is 12.0. The highest BCUT2D eigenvalue weighted by molar-refractivity contribution is 5.99. The number of fused-ring (bicyclic) bond motifs is 1. The summed E-state index contributed by atoms with van der Waals surface area (Å²) in [5.74, 6) is 0.781. The Balaban J connectivity index is 1.93. The molecule has 3 rings (SSSR count). The van der Waals surface area contributed by atoms with E-state index in [0.29, 0.717) is 11.8 Å². The van der Waals surface area contributed by atoms with Crippen LogP contribution in [-0.4, -0.2) is 23.0 Å². The number of hydrogen-bond donors (Lipinski definition) is 2. The molecule has 0 spiro atoms. The molecule has 4 nitrogen and oxygen atoms in total. The van der Waals surface area contributed by atoms with Crippen LogP contribution in [0.2, 0.25) is 0 Å². The topological polar surface area (TPSA) is 54.1 Å². The summed E-state index contributed by atoms with van der Waals surface area (Å²) >= 11 is 0. The Hall–Kier alpha value is -1.97. The third kappa shape index (κ3) is 2.57. The van der Waals surface area contributed by atoms with Gasteiger partial charge in [0.15, 0.2) is 0 Å². The van der Waals surface area contributed by atoms with Crippen molar-refractivity contribution < 1.29 is 9.53 Å². The van der Waals surface area contributed by atoms with E-state index in [9.17, 15) is 4.79 Å². The number of nitrogens with one attached hydrogen (secondary N) is 2. The largest absolute Gasteiger partial charge is 0.490 e. The van der Waals surface area contributed by atoms with Gasteiger partial charge >= 0.3 is 0 Å². The summed E-state index contributed by atoms with van der Waals surface area (Å²) in [6, 6.07) is 7.85. The zero-order valence-corrected chi connectivity index (χ0v) is 11.2. The van der Waals surface area contributed by atoms with Crippen molar-refractivity contribution in [3.05, 3.63) is 30.0 Å². The molecule has 2 aromatic rings. The maximum atomic E-state index is 12.0. The molecule has 1 aliphatic carbocycles. The van der Waals surface area contributed by atoms with Crippen molar-refractivity contribution in [2.45, 2.75) is 38.8 Å². The van der Waals surface area contributed by atoms with Crippen molar-refractivity contribution in [3.63, 3.8) is 0 Å². The molecule has 19 heavy (non-hydrogen) atoms. The number of benzene rings is 1. The lowest BCUT2D eigenvalue weighted by molar-refractivity contribution is 0.0939. The number of carbonyl (C=O) groups is 1. The molecule has 2 N–H and O–H groups in total. The summed E-state index contributed by atoms with van der Waals surface area (Å²) in [6.07, 6.45) is 2.61. The number of rotatable bonds is 4. The molecule has 1 aromatic carbocycles. The van der Waals surface area contributed by atoms with E-state index in [1.807, 2.05) is 38.1 Å². The Bertz CT molecular complexity index is 612. The fraction of sp³-hybridized carbons (Fsp3) is 0.400. The number of ether oxygens (including phenoxy) is 1. The van der Waals surface area contributed by atoms with E-state index < -0.39 is 0 Å². The smallest absolute Gasteiger partial charge is 0.267 e. The first-order chi connectivity index (χ1) is 9.13. The molecule has 0 aliphatic heterocycles. The lowest BCUT2D eigenvalue weighted by Crippen LogP contribution is -2.30. The minimum Gasteiger partial charge on any atom is -0.490 e. The minimum atomic E-state index is -0.0800. The summed E-state index contributed by atoms with van der Waals surface area (Å²) in [6.45, 7) is 3.89. The summed E-state index contributed by atoms with van der Waals surface area (Å²) in [5.41, 5.74) is 1.52. The predicted octanol–water partition coefficient (Wildman–Crippen LogP) is 2.85. The third-order valence-electron chi connectivity index (χ3n) is 3.11. The van der Waals surface area contributed by atoms with Crippen LogP contribution in [0.5, 0.6) is 5.75 Å². The fourth-order valence-electron chi connectivity index (χ4n) is 2.06. The van der Waals surface area contributed by atoms with Crippen LogP contribution in [0.3, 0.4) is 0 Å². The Kier molecular flexibility index (Phi) is 2.93. The highest BCUT2D eigenvalue weighted by atomic mass is 16.5. The van der Waals surface area contributed by atoms with Gasteiger partial charge in [-0.25, -0.2) is 0 Å². The van der Waals surface area contributed by atoms with Gasteiger partial charge in [0, 0.05) is 16.9 Å². The summed E-state index contributed by atoms with van der Waals surface area (Å²) in [4.78, 5) is 15.1. The minimum absolute atomic E-state index is 0.0800. The third-order valence-corrected chi connectivity index (χ3v) is 3.11. The summed E-state index contributed by atoms with van der Waals surface area (Å²) < 4.78 is 5.86. The van der Waals surface area contributed by atoms with E-state index in [-0.39, 0.29) is 11.9 Å². The molecular weight excluding hydrogens is 240 g/mol. The Morgan fingerprint density at radius 3 is 2.89 bits per heavy atom. The average Bonchev–Trinajstić information content (AvgIpc) is 3.05. The van der Waals surface area contributed by atoms with Gasteiger partial charge in [-0.2, -0.15) is 0 Å². The number of hydrogen-bond acceptors (Lipinski definition) is 2. The van der Waals surface area contributed by atoms with Crippen LogP contribution in [0.15, 0.2) is 24.3 Å². The van der Waals surface area contributed by atoms with Crippen LogP contribution in [0, 0.1) is 0 Å². The number of aromatic nitrogens is 1. The van der Waals surface area contributed by atoms with Gasteiger partial charge < -0.3 is 15.0 Å². The normalized spacial score (nSPS) is 14.9. The van der Waals surface area contributed by atoms with Crippen molar-refractivity contribution in [2.75, 3.05) is 0 Å². The second-order valence-corrected chi connectivity index (χ2v) is 5.35. The lowest BCUT2D eigenvalue weighted by atomic mass is 10.2. The van der Waals surface area contributed by atoms with Crippen LogP contribution >= 0.6 is 0 Å². The van der Waals surface area contributed by atoms with Crippen molar-refractivity contribution in [1.82, 2.24) is 10.3 Å². The number of amides is 1. The second kappa shape index (κ2) is 4.61. The molecule has 1 heterocycles. The molecule has 1 aromatic heterocycles. The van der Waals surface area contributed by atoms with Crippen LogP contribution in [0.25, 0.3) is 10.9 Å². The zero-order valence-electron chi connectivity index (χ0n) is 11.2. The summed E-state index contributed by atoms with van der Waals surface area (Å²) in [7, 11) is 0. The average molecular weight is 258 g/mol. The van der Waals surface area contributed by atoms with Gasteiger partial charge in [-0.3, -0.25) is 4.79 Å². The van der Waals surface area contributed by atoms with E-state index >= 15 is 0 Å². The van der Waals surface area contributed by atoms with Crippen molar-refractivity contribution in [3.8, 4) is 5.75 Å². The van der Waals surface area contributed by atoms with Crippen LogP contribution in [0.4, 0.5) is 0 Å². The van der Waals surface area contributed by atoms with Gasteiger partial charge in [0.2, 0.25) is 0 Å². The highest BCUT2D eigenvalue weighted by Crippen LogP contribution is 2.32. The quantitative estimate of drug-likeness (QED) is 0.886. The fourth-order valence-corrected chi connectivity index (χ4v) is 2.06. The van der Waals surface area contributed by atoms with E-state index in [1.165, 1.54) is 0 Å². The van der Waals surface area contributed by atoms with Crippen LogP contribution in [0.1, 0.15) is 37.2 Å². The van der Waals surface area contributed by atoms with Crippen LogP contribution < -0.4 is 10.1 Å². The molecule has 4 heteroatoms. The first-order valence-corrected chi connectivity index (χ1v) is 6.73. The lowest BCUT2D eigenvalue weighted by Gasteiger charge is -2.05. The van der Waals surface area contributed by atoms with Crippen LogP contribution in [-0.2, 0) is 0 Å². The van der Waals surface area contributed by atoms with Gasteiger partial charge in [0.05, 0.1) is 6.10 Å². The molecule has 1 saturated carbocycles. The van der Waals surface area contributed by atoms with Gasteiger partial charge in [0.1, 0.15) is 11.4 Å². The van der Waals surface area contributed by atoms with Gasteiger partial charge in [0.25, 0.3) is 5.91 Å². The number of aromatic amines is 1. The van der Waals surface area contributed by atoms with E-state index in [4.69, 9.17) is 4.74 Å². The van der Waals surface area contributed by atoms with E-state index in [1.54, 1.807) is 0 Å². The first-order valence-electron chi connectivity index (χ1n) is 6.73. The molecule has 0 atom stereocenters. The summed E-state index contributed by atoms with van der Waals surface area (Å²) in [5, 5.41) is 3.86. The predicted molar refractivity (Wildman–Crippen MR) is 74.6 cm³/mol. The SMILES string of the molecule is CC(C)NC(=O)c1cc2c(OC3CC3)cccc2[nH]1. The highest BCUT2D eigenvalue weighted by Gasteiger charge is 2.24. The number of H-pyrrole nitrogens is 1. The Labute approximate surface area is 112 Å². The van der Waals surface area contributed by atoms with Gasteiger partial charge in [-0.05, 0) is 44.9 Å². The standard InChI is InChI=1S/C15H18N2O2/c1-9(2)16-15(18)13-8-11-12(17-13)4-3-5-14(11)19-10-6-7-10/h3-5,8-10,17H,6-7H2,1-2H3,(H,16,18). The molecule has 1 aliphatic rings. The van der Waals surface area contributed by atoms with E-state index in [2.05, 4.69) is 10.3 Å². The first kappa shape index (κ1) is 12.1. The van der Waals surface area contributed by atoms with Gasteiger partial charge in [-0.1, -0.05) is 6.07 Å². The Morgan fingerprint density at radius 1 is 1.42 bits per heavy atom. The molecule has 100 valence electrons. The van der Waals surface area contributed by atoms with Gasteiger partial charge in [-0.15, -0.1) is 0 Å². The number of carbonyl (C=O) groups excluding carboxylic acids is 1. The molecule has 0 bridgehead atoms. The second-order valence-electron chi connectivity index (χ2n) is 5.35. The Morgan fingerprint density at radius 2 is 2.21 bits per heavy atom. The molecule has 1 amide bonds. The van der Waals surface area contributed by atoms with Crippen molar-refractivity contribution in [1.29, 1.82) is 0 Å². The zero-order chi connectivity index (χ0) is 13.4. The molecule has 0 radical (unpaired) electrons.